The van der Waals surface area contributed by atoms with Gasteiger partial charge in [0.2, 0.25) is 0 Å². The van der Waals surface area contributed by atoms with Crippen molar-refractivity contribution in [2.24, 2.45) is 0 Å². The summed E-state index contributed by atoms with van der Waals surface area (Å²) in [5.74, 6) is -1.15. The number of aryl methyl sites for hydroxylation is 1. The van der Waals surface area contributed by atoms with Crippen molar-refractivity contribution in [2.75, 3.05) is 33.8 Å². The lowest BCUT2D eigenvalue weighted by Crippen LogP contribution is -2.35. The van der Waals surface area contributed by atoms with Gasteiger partial charge in [-0.1, -0.05) is 35.9 Å². The maximum Gasteiger partial charge on any atom is 0.295 e. The van der Waals surface area contributed by atoms with Crippen molar-refractivity contribution in [1.82, 2.24) is 9.80 Å². The van der Waals surface area contributed by atoms with Crippen LogP contribution in [0.4, 0.5) is 0 Å². The van der Waals surface area contributed by atoms with Crippen LogP contribution in [0.3, 0.4) is 0 Å². The van der Waals surface area contributed by atoms with Crippen LogP contribution in [0.1, 0.15) is 29.7 Å². The molecular formula is C24H27ClN2O4. The van der Waals surface area contributed by atoms with Crippen LogP contribution in [0.5, 0.6) is 5.75 Å². The first-order valence-corrected chi connectivity index (χ1v) is 10.6. The number of rotatable bonds is 7. The van der Waals surface area contributed by atoms with E-state index in [4.69, 9.17) is 16.3 Å². The number of aliphatic hydroxyl groups excluding tert-OH is 1. The zero-order valence-electron chi connectivity index (χ0n) is 18.2. The third-order valence-electron chi connectivity index (χ3n) is 5.32. The Balaban J connectivity index is 2.17. The number of likely N-dealkylation sites (N-methyl/N-ethyl adjacent to an activating group) is 1. The van der Waals surface area contributed by atoms with Crippen molar-refractivity contribution in [3.8, 4) is 5.75 Å². The highest BCUT2D eigenvalue weighted by atomic mass is 35.5. The fraction of sp³-hybridized carbons (Fsp3) is 0.333. The molecule has 2 aromatic carbocycles. The molecule has 3 rings (SSSR count). The quantitative estimate of drug-likeness (QED) is 0.398. The zero-order chi connectivity index (χ0) is 22.7. The van der Waals surface area contributed by atoms with Crippen LogP contribution >= 0.6 is 11.6 Å². The molecule has 1 N–H and O–H groups in total. The first-order chi connectivity index (χ1) is 14.8. The van der Waals surface area contributed by atoms with Crippen molar-refractivity contribution < 1.29 is 19.4 Å². The van der Waals surface area contributed by atoms with Crippen molar-refractivity contribution in [3.63, 3.8) is 0 Å². The van der Waals surface area contributed by atoms with Crippen LogP contribution in [0.15, 0.2) is 48.0 Å². The second-order valence-corrected chi connectivity index (χ2v) is 8.14. The second kappa shape index (κ2) is 9.54. The number of halogens is 1. The molecule has 0 spiro atoms. The molecule has 1 amide bonds. The van der Waals surface area contributed by atoms with Crippen LogP contribution in [-0.4, -0.2) is 60.4 Å². The predicted octanol–water partition coefficient (Wildman–Crippen LogP) is 4.03. The Labute approximate surface area is 187 Å². The maximum absolute atomic E-state index is 13.1. The number of hydrogen-bond donors (Lipinski definition) is 1. The molecule has 1 saturated heterocycles. The summed E-state index contributed by atoms with van der Waals surface area (Å²) in [4.78, 5) is 29.5. The van der Waals surface area contributed by atoms with E-state index in [0.29, 0.717) is 36.0 Å². The first kappa shape index (κ1) is 22.8. The van der Waals surface area contributed by atoms with Crippen LogP contribution < -0.4 is 4.74 Å². The predicted molar refractivity (Wildman–Crippen MR) is 121 cm³/mol. The number of nitrogens with zero attached hydrogens (tertiary/aromatic N) is 2. The molecule has 164 valence electrons. The molecule has 1 aliphatic heterocycles. The molecule has 31 heavy (non-hydrogen) atoms. The van der Waals surface area contributed by atoms with Gasteiger partial charge in [0, 0.05) is 18.7 Å². The van der Waals surface area contributed by atoms with E-state index < -0.39 is 17.7 Å². The standard InChI is InChI=1S/C24H27ClN2O4/c1-5-31-19-14-16(10-11-18(19)25)22(28)20-21(17-9-7-6-8-15(17)2)27(13-12-26(3)4)24(30)23(20)29/h6-11,14,21,28H,5,12-13H2,1-4H3/b22-20+. The average molecular weight is 443 g/mol. The summed E-state index contributed by atoms with van der Waals surface area (Å²) in [6, 6.07) is 11.7. The molecule has 0 aromatic heterocycles. The summed E-state index contributed by atoms with van der Waals surface area (Å²) >= 11 is 6.17. The third kappa shape index (κ3) is 4.60. The van der Waals surface area contributed by atoms with Crippen molar-refractivity contribution in [3.05, 3.63) is 69.8 Å². The zero-order valence-corrected chi connectivity index (χ0v) is 18.9. The molecule has 1 fully saturated rings. The number of hydrogen-bond acceptors (Lipinski definition) is 5. The number of aliphatic hydroxyl groups is 1. The van der Waals surface area contributed by atoms with E-state index in [9.17, 15) is 14.7 Å². The van der Waals surface area contributed by atoms with Gasteiger partial charge < -0.3 is 19.6 Å². The van der Waals surface area contributed by atoms with Gasteiger partial charge in [-0.25, -0.2) is 0 Å². The minimum Gasteiger partial charge on any atom is -0.507 e. The summed E-state index contributed by atoms with van der Waals surface area (Å²) in [5.41, 5.74) is 2.18. The molecular weight excluding hydrogens is 416 g/mol. The maximum atomic E-state index is 13.1. The Kier molecular flexibility index (Phi) is 7.03. The molecule has 1 atom stereocenters. The molecule has 6 nitrogen and oxygen atoms in total. The highest BCUT2D eigenvalue weighted by Crippen LogP contribution is 2.41. The largest absolute Gasteiger partial charge is 0.507 e. The van der Waals surface area contributed by atoms with Crippen LogP contribution in [0.2, 0.25) is 5.02 Å². The van der Waals surface area contributed by atoms with Gasteiger partial charge in [-0.2, -0.15) is 0 Å². The Bertz CT molecular complexity index is 1030. The van der Waals surface area contributed by atoms with E-state index in [1.165, 1.54) is 4.90 Å². The van der Waals surface area contributed by atoms with Gasteiger partial charge in [0.25, 0.3) is 11.7 Å². The Morgan fingerprint density at radius 3 is 2.55 bits per heavy atom. The molecule has 0 aliphatic carbocycles. The summed E-state index contributed by atoms with van der Waals surface area (Å²) < 4.78 is 5.52. The fourth-order valence-corrected chi connectivity index (χ4v) is 3.88. The van der Waals surface area contributed by atoms with Crippen molar-refractivity contribution in [1.29, 1.82) is 0 Å². The van der Waals surface area contributed by atoms with Crippen molar-refractivity contribution >= 4 is 29.1 Å². The lowest BCUT2D eigenvalue weighted by atomic mass is 9.92. The van der Waals surface area contributed by atoms with Crippen molar-refractivity contribution in [2.45, 2.75) is 19.9 Å². The van der Waals surface area contributed by atoms with Gasteiger partial charge in [0.05, 0.1) is 23.2 Å². The number of likely N-dealkylation sites (tertiary alicyclic amines) is 1. The van der Waals surface area contributed by atoms with E-state index in [1.54, 1.807) is 18.2 Å². The smallest absolute Gasteiger partial charge is 0.295 e. The van der Waals surface area contributed by atoms with Crippen LogP contribution in [0.25, 0.3) is 5.76 Å². The molecule has 0 radical (unpaired) electrons. The van der Waals surface area contributed by atoms with Gasteiger partial charge in [0.15, 0.2) is 0 Å². The van der Waals surface area contributed by atoms with Gasteiger partial charge in [-0.05, 0) is 57.3 Å². The Morgan fingerprint density at radius 2 is 1.90 bits per heavy atom. The number of ether oxygens (including phenoxy) is 1. The highest BCUT2D eigenvalue weighted by molar-refractivity contribution is 6.46. The molecule has 1 heterocycles. The molecule has 1 aliphatic rings. The summed E-state index contributed by atoms with van der Waals surface area (Å²) in [6.45, 7) is 5.11. The SMILES string of the molecule is CCOc1cc(/C(O)=C2\C(=O)C(=O)N(CCN(C)C)C2c2ccccc2C)ccc1Cl. The van der Waals surface area contributed by atoms with Crippen LogP contribution in [0, 0.1) is 6.92 Å². The summed E-state index contributed by atoms with van der Waals surface area (Å²) in [6.07, 6.45) is 0. The number of Topliss-reactive ketones (excluding diaryl/α,β-unsaturated/α-hetero) is 1. The van der Waals surface area contributed by atoms with E-state index in [1.807, 2.05) is 57.1 Å². The van der Waals surface area contributed by atoms with Crippen LogP contribution in [-0.2, 0) is 9.59 Å². The molecule has 1 unspecified atom stereocenters. The van der Waals surface area contributed by atoms with E-state index >= 15 is 0 Å². The lowest BCUT2D eigenvalue weighted by molar-refractivity contribution is -0.140. The van der Waals surface area contributed by atoms with Gasteiger partial charge in [0.1, 0.15) is 11.5 Å². The van der Waals surface area contributed by atoms with Gasteiger partial charge in [-0.3, -0.25) is 9.59 Å². The number of ketones is 1. The number of carbonyl (C=O) groups excluding carboxylic acids is 2. The summed E-state index contributed by atoms with van der Waals surface area (Å²) in [7, 11) is 3.81. The fourth-order valence-electron chi connectivity index (χ4n) is 3.71. The number of carbonyl (C=O) groups is 2. The monoisotopic (exact) mass is 442 g/mol. The number of benzene rings is 2. The van der Waals surface area contributed by atoms with E-state index in [2.05, 4.69) is 0 Å². The Morgan fingerprint density at radius 1 is 1.19 bits per heavy atom. The number of amides is 1. The topological polar surface area (TPSA) is 70.1 Å². The Hall–Kier alpha value is -2.83. The lowest BCUT2D eigenvalue weighted by Gasteiger charge is -2.27. The molecule has 7 heteroatoms. The van der Waals surface area contributed by atoms with E-state index in [0.717, 1.165) is 11.1 Å². The minimum absolute atomic E-state index is 0.0721. The van der Waals surface area contributed by atoms with Gasteiger partial charge in [-0.15, -0.1) is 0 Å². The van der Waals surface area contributed by atoms with Gasteiger partial charge >= 0.3 is 0 Å². The second-order valence-electron chi connectivity index (χ2n) is 7.73. The average Bonchev–Trinajstić information content (AvgIpc) is 2.98. The summed E-state index contributed by atoms with van der Waals surface area (Å²) in [5, 5.41) is 11.6. The molecule has 0 saturated carbocycles. The van der Waals surface area contributed by atoms with E-state index in [-0.39, 0.29) is 11.3 Å². The first-order valence-electron chi connectivity index (χ1n) is 10.2. The molecule has 0 bridgehead atoms. The normalized spacial score (nSPS) is 18.1. The third-order valence-corrected chi connectivity index (χ3v) is 5.63. The highest BCUT2D eigenvalue weighted by Gasteiger charge is 2.46. The minimum atomic E-state index is -0.697. The molecule has 2 aromatic rings.